The molecule has 8 nitrogen and oxygen atoms in total. The van der Waals surface area contributed by atoms with E-state index in [4.69, 9.17) is 9.15 Å². The number of rotatable bonds is 5. The van der Waals surface area contributed by atoms with Crippen molar-refractivity contribution in [3.05, 3.63) is 83.7 Å². The Morgan fingerprint density at radius 3 is 2.26 bits per heavy atom. The standard InChI is InChI=1S/C26H24N4O4/c1-16-6-5-7-19(12-16)24-30-29-23(33-24)18-10-8-17(9-11-18)22(31)28-21-13-20(14-27-15-21)25(32)34-26(2,3)4/h5-15H,1-4H3,(H,28,31). The summed E-state index contributed by atoms with van der Waals surface area (Å²) >= 11 is 0. The minimum Gasteiger partial charge on any atom is -0.456 e. The number of nitrogens with one attached hydrogen (secondary N) is 1. The number of esters is 1. The van der Waals surface area contributed by atoms with Gasteiger partial charge in [0.05, 0.1) is 17.4 Å². The molecular weight excluding hydrogens is 432 g/mol. The van der Waals surface area contributed by atoms with Crippen LogP contribution in [-0.2, 0) is 4.74 Å². The second-order valence-corrected chi connectivity index (χ2v) is 8.78. The Morgan fingerprint density at radius 1 is 0.882 bits per heavy atom. The van der Waals surface area contributed by atoms with Crippen molar-refractivity contribution < 1.29 is 18.7 Å². The van der Waals surface area contributed by atoms with Gasteiger partial charge in [-0.05, 0) is 70.2 Å². The summed E-state index contributed by atoms with van der Waals surface area (Å²) < 4.78 is 11.1. The van der Waals surface area contributed by atoms with Crippen LogP contribution in [-0.4, -0.2) is 32.7 Å². The first kappa shape index (κ1) is 22.8. The minimum atomic E-state index is -0.628. The maximum Gasteiger partial charge on any atom is 0.340 e. The molecule has 2 heterocycles. The average molecular weight is 457 g/mol. The molecule has 4 rings (SSSR count). The van der Waals surface area contributed by atoms with Crippen LogP contribution >= 0.6 is 0 Å². The Morgan fingerprint density at radius 2 is 1.59 bits per heavy atom. The number of anilines is 1. The monoisotopic (exact) mass is 456 g/mol. The van der Waals surface area contributed by atoms with Gasteiger partial charge in [0.15, 0.2) is 0 Å². The van der Waals surface area contributed by atoms with E-state index in [2.05, 4.69) is 20.5 Å². The molecule has 0 radical (unpaired) electrons. The van der Waals surface area contributed by atoms with Crippen molar-refractivity contribution in [1.29, 1.82) is 0 Å². The fraction of sp³-hybridized carbons (Fsp3) is 0.192. The Bertz CT molecular complexity index is 1340. The number of benzene rings is 2. The number of ether oxygens (including phenoxy) is 1. The third-order valence-electron chi connectivity index (χ3n) is 4.71. The van der Waals surface area contributed by atoms with Crippen molar-refractivity contribution in [2.45, 2.75) is 33.3 Å². The number of aromatic nitrogens is 3. The van der Waals surface area contributed by atoms with Gasteiger partial charge in [0, 0.05) is 22.9 Å². The first-order chi connectivity index (χ1) is 16.2. The van der Waals surface area contributed by atoms with Gasteiger partial charge < -0.3 is 14.5 Å². The van der Waals surface area contributed by atoms with Crippen LogP contribution < -0.4 is 5.32 Å². The van der Waals surface area contributed by atoms with Gasteiger partial charge in [0.1, 0.15) is 5.60 Å². The van der Waals surface area contributed by atoms with Crippen molar-refractivity contribution in [3.8, 4) is 22.9 Å². The van der Waals surface area contributed by atoms with Gasteiger partial charge in [0.25, 0.3) is 5.91 Å². The summed E-state index contributed by atoms with van der Waals surface area (Å²) in [7, 11) is 0. The molecule has 0 aliphatic heterocycles. The molecule has 0 aliphatic rings. The minimum absolute atomic E-state index is 0.254. The maximum absolute atomic E-state index is 12.7. The topological polar surface area (TPSA) is 107 Å². The Hall–Kier alpha value is -4.33. The molecular formula is C26H24N4O4. The van der Waals surface area contributed by atoms with Crippen LogP contribution in [0.4, 0.5) is 5.69 Å². The number of carbonyl (C=O) groups excluding carboxylic acids is 2. The lowest BCUT2D eigenvalue weighted by molar-refractivity contribution is 0.00689. The van der Waals surface area contributed by atoms with Crippen molar-refractivity contribution in [2.75, 3.05) is 5.32 Å². The first-order valence-corrected chi connectivity index (χ1v) is 10.7. The van der Waals surface area contributed by atoms with Gasteiger partial charge in [-0.15, -0.1) is 10.2 Å². The third kappa shape index (κ3) is 5.53. The third-order valence-corrected chi connectivity index (χ3v) is 4.71. The highest BCUT2D eigenvalue weighted by Gasteiger charge is 2.19. The van der Waals surface area contributed by atoms with E-state index in [-0.39, 0.29) is 11.5 Å². The summed E-state index contributed by atoms with van der Waals surface area (Å²) in [5.74, 6) is -0.0682. The molecule has 0 aliphatic carbocycles. The van der Waals surface area contributed by atoms with E-state index < -0.39 is 11.6 Å². The molecule has 2 aromatic carbocycles. The van der Waals surface area contributed by atoms with E-state index in [0.29, 0.717) is 28.6 Å². The summed E-state index contributed by atoms with van der Waals surface area (Å²) in [5, 5.41) is 11.0. The van der Waals surface area contributed by atoms with E-state index in [1.165, 1.54) is 18.5 Å². The molecule has 0 saturated heterocycles. The second-order valence-electron chi connectivity index (χ2n) is 8.78. The maximum atomic E-state index is 12.7. The molecule has 0 spiro atoms. The molecule has 0 bridgehead atoms. The SMILES string of the molecule is Cc1cccc(-c2nnc(-c3ccc(C(=O)Nc4cncc(C(=O)OC(C)(C)C)c4)cc3)o2)c1. The Balaban J connectivity index is 1.45. The number of hydrogen-bond donors (Lipinski definition) is 1. The summed E-state index contributed by atoms with van der Waals surface area (Å²) in [5.41, 5.74) is 3.07. The van der Waals surface area contributed by atoms with E-state index in [1.807, 2.05) is 31.2 Å². The van der Waals surface area contributed by atoms with Gasteiger partial charge >= 0.3 is 5.97 Å². The van der Waals surface area contributed by atoms with Crippen molar-refractivity contribution in [2.24, 2.45) is 0 Å². The normalized spacial score (nSPS) is 11.2. The van der Waals surface area contributed by atoms with Crippen LogP contribution in [0.1, 0.15) is 47.1 Å². The highest BCUT2D eigenvalue weighted by Crippen LogP contribution is 2.25. The molecule has 1 amide bonds. The molecule has 4 aromatic rings. The molecule has 1 N–H and O–H groups in total. The Labute approximate surface area is 197 Å². The molecule has 8 heteroatoms. The number of carbonyl (C=O) groups is 2. The molecule has 0 atom stereocenters. The smallest absolute Gasteiger partial charge is 0.340 e. The van der Waals surface area contributed by atoms with Crippen molar-refractivity contribution in [3.63, 3.8) is 0 Å². The molecule has 34 heavy (non-hydrogen) atoms. The van der Waals surface area contributed by atoms with Crippen LogP contribution in [0.15, 0.2) is 71.4 Å². The van der Waals surface area contributed by atoms with E-state index in [9.17, 15) is 9.59 Å². The average Bonchev–Trinajstić information content (AvgIpc) is 3.29. The molecule has 0 saturated carbocycles. The van der Waals surface area contributed by atoms with Crippen molar-refractivity contribution >= 4 is 17.6 Å². The lowest BCUT2D eigenvalue weighted by Crippen LogP contribution is -2.24. The predicted octanol–water partition coefficient (Wildman–Crippen LogP) is 5.31. The first-order valence-electron chi connectivity index (χ1n) is 10.7. The van der Waals surface area contributed by atoms with E-state index in [1.54, 1.807) is 45.0 Å². The zero-order valence-electron chi connectivity index (χ0n) is 19.3. The zero-order valence-corrected chi connectivity index (χ0v) is 19.3. The number of aryl methyl sites for hydroxylation is 1. The highest BCUT2D eigenvalue weighted by atomic mass is 16.6. The molecule has 2 aromatic heterocycles. The fourth-order valence-corrected chi connectivity index (χ4v) is 3.16. The summed E-state index contributed by atoms with van der Waals surface area (Å²) in [6.07, 6.45) is 2.86. The quantitative estimate of drug-likeness (QED) is 0.405. The largest absolute Gasteiger partial charge is 0.456 e. The molecule has 172 valence electrons. The molecule has 0 unspecified atom stereocenters. The summed E-state index contributed by atoms with van der Waals surface area (Å²) in [6.45, 7) is 7.34. The van der Waals surface area contributed by atoms with Crippen LogP contribution in [0.3, 0.4) is 0 Å². The lowest BCUT2D eigenvalue weighted by atomic mass is 10.1. The van der Waals surface area contributed by atoms with Crippen LogP contribution in [0.25, 0.3) is 22.9 Å². The molecule has 0 fully saturated rings. The highest BCUT2D eigenvalue weighted by molar-refractivity contribution is 6.05. The lowest BCUT2D eigenvalue weighted by Gasteiger charge is -2.19. The van der Waals surface area contributed by atoms with Crippen LogP contribution in [0.2, 0.25) is 0 Å². The summed E-state index contributed by atoms with van der Waals surface area (Å²) in [6, 6.07) is 16.1. The summed E-state index contributed by atoms with van der Waals surface area (Å²) in [4.78, 5) is 29.0. The fourth-order valence-electron chi connectivity index (χ4n) is 3.16. The van der Waals surface area contributed by atoms with Crippen molar-refractivity contribution in [1.82, 2.24) is 15.2 Å². The predicted molar refractivity (Wildman–Crippen MR) is 127 cm³/mol. The number of hydrogen-bond acceptors (Lipinski definition) is 7. The van der Waals surface area contributed by atoms with Gasteiger partial charge in [-0.1, -0.05) is 17.7 Å². The number of pyridine rings is 1. The van der Waals surface area contributed by atoms with Crippen LogP contribution in [0.5, 0.6) is 0 Å². The zero-order chi connectivity index (χ0) is 24.3. The van der Waals surface area contributed by atoms with Gasteiger partial charge in [-0.25, -0.2) is 4.79 Å². The van der Waals surface area contributed by atoms with Gasteiger partial charge in [0.2, 0.25) is 11.8 Å². The number of amides is 1. The second kappa shape index (κ2) is 9.27. The van der Waals surface area contributed by atoms with Gasteiger partial charge in [-0.3, -0.25) is 9.78 Å². The number of nitrogens with zero attached hydrogens (tertiary/aromatic N) is 3. The van der Waals surface area contributed by atoms with Gasteiger partial charge in [-0.2, -0.15) is 0 Å². The van der Waals surface area contributed by atoms with E-state index in [0.717, 1.165) is 11.1 Å². The Kier molecular flexibility index (Phi) is 6.23. The van der Waals surface area contributed by atoms with E-state index >= 15 is 0 Å². The van der Waals surface area contributed by atoms with Crippen LogP contribution in [0, 0.1) is 6.92 Å².